The molecule has 0 aromatic heterocycles. The molecule has 0 heterocycles. The molecule has 0 heteroatoms. The van der Waals surface area contributed by atoms with Crippen LogP contribution in [0.15, 0.2) is 34.9 Å². The van der Waals surface area contributed by atoms with Crippen molar-refractivity contribution in [1.29, 1.82) is 0 Å². The Morgan fingerprint density at radius 3 is 2.29 bits per heavy atom. The molecule has 0 bridgehead atoms. The summed E-state index contributed by atoms with van der Waals surface area (Å²) in [5.41, 5.74) is 4.48. The van der Waals surface area contributed by atoms with Gasteiger partial charge in [-0.15, -0.1) is 0 Å². The topological polar surface area (TPSA) is 0 Å². The lowest BCUT2D eigenvalue weighted by Gasteiger charge is -1.94. The van der Waals surface area contributed by atoms with E-state index in [1.807, 2.05) is 13.8 Å². The Morgan fingerprint density at radius 2 is 1.86 bits per heavy atom. The van der Waals surface area contributed by atoms with Gasteiger partial charge in [-0.2, -0.15) is 0 Å². The summed E-state index contributed by atoms with van der Waals surface area (Å²) < 4.78 is 0. The van der Waals surface area contributed by atoms with Gasteiger partial charge in [0.05, 0.1) is 0 Å². The van der Waals surface area contributed by atoms with Gasteiger partial charge in [0.2, 0.25) is 0 Å². The molecule has 1 aliphatic carbocycles. The predicted molar refractivity (Wildman–Crippen MR) is 66.5 cm³/mol. The van der Waals surface area contributed by atoms with E-state index in [0.29, 0.717) is 0 Å². The number of hydrogen-bond donors (Lipinski definition) is 0. The number of rotatable bonds is 2. The second-order valence-electron chi connectivity index (χ2n) is 3.53. The molecule has 1 rings (SSSR count). The van der Waals surface area contributed by atoms with Crippen molar-refractivity contribution < 1.29 is 0 Å². The van der Waals surface area contributed by atoms with Gasteiger partial charge in [0.1, 0.15) is 0 Å². The van der Waals surface area contributed by atoms with Gasteiger partial charge in [-0.25, -0.2) is 0 Å². The molecule has 0 aliphatic heterocycles. The van der Waals surface area contributed by atoms with Crippen LogP contribution in [0.4, 0.5) is 0 Å². The van der Waals surface area contributed by atoms with Gasteiger partial charge in [-0.3, -0.25) is 0 Å². The van der Waals surface area contributed by atoms with Gasteiger partial charge in [-0.05, 0) is 45.6 Å². The second-order valence-corrected chi connectivity index (χ2v) is 3.53. The van der Waals surface area contributed by atoms with E-state index in [2.05, 4.69) is 39.0 Å². The smallest absolute Gasteiger partial charge is 0.0276 e. The number of allylic oxidation sites excluding steroid dienone is 6. The molecule has 0 saturated heterocycles. The maximum atomic E-state index is 2.28. The summed E-state index contributed by atoms with van der Waals surface area (Å²) in [6.45, 7) is 10.5. The largest absolute Gasteiger partial charge is 0.0847 e. The van der Waals surface area contributed by atoms with Gasteiger partial charge < -0.3 is 0 Å². The minimum atomic E-state index is 1.28. The summed E-state index contributed by atoms with van der Waals surface area (Å²) in [5.74, 6) is 0. The van der Waals surface area contributed by atoms with E-state index >= 15 is 0 Å². The zero-order chi connectivity index (χ0) is 11.0. The third kappa shape index (κ3) is 4.45. The highest BCUT2D eigenvalue weighted by Crippen LogP contribution is 2.26. The molecule has 0 aromatic rings. The summed E-state index contributed by atoms with van der Waals surface area (Å²) in [4.78, 5) is 0. The highest BCUT2D eigenvalue weighted by molar-refractivity contribution is 5.32. The summed E-state index contributed by atoms with van der Waals surface area (Å²) in [5, 5.41) is 0. The molecular formula is C14H24. The van der Waals surface area contributed by atoms with Crippen molar-refractivity contribution in [2.75, 3.05) is 0 Å². The van der Waals surface area contributed by atoms with Crippen molar-refractivity contribution in [2.45, 2.75) is 53.9 Å². The van der Waals surface area contributed by atoms with Gasteiger partial charge in [-0.1, -0.05) is 43.2 Å². The van der Waals surface area contributed by atoms with Gasteiger partial charge in [0.25, 0.3) is 0 Å². The molecule has 0 fully saturated rings. The molecule has 0 N–H and O–H groups in total. The van der Waals surface area contributed by atoms with Gasteiger partial charge in [0.15, 0.2) is 0 Å². The van der Waals surface area contributed by atoms with Crippen molar-refractivity contribution in [2.24, 2.45) is 0 Å². The Hall–Kier alpha value is -0.780. The Bertz CT molecular complexity index is 239. The lowest BCUT2D eigenvalue weighted by molar-refractivity contribution is 0.899. The molecule has 14 heavy (non-hydrogen) atoms. The molecule has 0 aromatic carbocycles. The van der Waals surface area contributed by atoms with Crippen molar-refractivity contribution in [3.05, 3.63) is 34.9 Å². The summed E-state index contributed by atoms with van der Waals surface area (Å²) >= 11 is 0. The van der Waals surface area contributed by atoms with E-state index in [-0.39, 0.29) is 0 Å². The average Bonchev–Trinajstić information content (AvgIpc) is 2.63. The molecule has 0 unspecified atom stereocenters. The third-order valence-electron chi connectivity index (χ3n) is 2.55. The van der Waals surface area contributed by atoms with Crippen molar-refractivity contribution in [1.82, 2.24) is 0 Å². The van der Waals surface area contributed by atoms with E-state index < -0.39 is 0 Å². The lowest BCUT2D eigenvalue weighted by atomic mass is 10.1. The molecule has 0 radical (unpaired) electrons. The van der Waals surface area contributed by atoms with E-state index in [0.717, 1.165) is 0 Å². The fraction of sp³-hybridized carbons (Fsp3) is 0.571. The first-order valence-corrected chi connectivity index (χ1v) is 5.73. The third-order valence-corrected chi connectivity index (χ3v) is 2.55. The predicted octanol–water partition coefficient (Wildman–Crippen LogP) is 5.04. The van der Waals surface area contributed by atoms with E-state index in [4.69, 9.17) is 0 Å². The van der Waals surface area contributed by atoms with Crippen LogP contribution in [0.2, 0.25) is 0 Å². The van der Waals surface area contributed by atoms with E-state index in [9.17, 15) is 0 Å². The van der Waals surface area contributed by atoms with Crippen LogP contribution in [-0.2, 0) is 0 Å². The van der Waals surface area contributed by atoms with Crippen LogP contribution in [0, 0.1) is 0 Å². The molecule has 0 saturated carbocycles. The van der Waals surface area contributed by atoms with Crippen LogP contribution in [0.1, 0.15) is 53.9 Å². The highest BCUT2D eigenvalue weighted by Gasteiger charge is 2.06. The molecule has 80 valence electrons. The first-order chi connectivity index (χ1) is 6.74. The zero-order valence-corrected chi connectivity index (χ0v) is 10.4. The first-order valence-electron chi connectivity index (χ1n) is 5.73. The monoisotopic (exact) mass is 192 g/mol. The van der Waals surface area contributed by atoms with Gasteiger partial charge in [0, 0.05) is 0 Å². The van der Waals surface area contributed by atoms with Crippen LogP contribution in [0.25, 0.3) is 0 Å². The van der Waals surface area contributed by atoms with Crippen LogP contribution < -0.4 is 0 Å². The van der Waals surface area contributed by atoms with Gasteiger partial charge >= 0.3 is 0 Å². The SMILES string of the molecule is C/C=C(C)\C=C/C1=C(C)CCC1.CC. The lowest BCUT2D eigenvalue weighted by Crippen LogP contribution is -1.74. The highest BCUT2D eigenvalue weighted by atomic mass is 14.1. The number of hydrogen-bond acceptors (Lipinski definition) is 0. The van der Waals surface area contributed by atoms with E-state index in [1.165, 1.54) is 24.8 Å². The maximum Gasteiger partial charge on any atom is -0.0276 e. The first kappa shape index (κ1) is 13.2. The molecular weight excluding hydrogens is 168 g/mol. The normalized spacial score (nSPS) is 17.4. The van der Waals surface area contributed by atoms with Crippen LogP contribution in [0.5, 0.6) is 0 Å². The Morgan fingerprint density at radius 1 is 1.21 bits per heavy atom. The fourth-order valence-electron chi connectivity index (χ4n) is 1.47. The van der Waals surface area contributed by atoms with Crippen molar-refractivity contribution >= 4 is 0 Å². The Balaban J connectivity index is 0.000000791. The van der Waals surface area contributed by atoms with Crippen LogP contribution >= 0.6 is 0 Å². The van der Waals surface area contributed by atoms with Crippen LogP contribution in [-0.4, -0.2) is 0 Å². The molecule has 0 nitrogen and oxygen atoms in total. The van der Waals surface area contributed by atoms with Crippen LogP contribution in [0.3, 0.4) is 0 Å². The molecule has 0 spiro atoms. The van der Waals surface area contributed by atoms with Crippen molar-refractivity contribution in [3.8, 4) is 0 Å². The average molecular weight is 192 g/mol. The minimum absolute atomic E-state index is 1.28. The molecule has 0 amide bonds. The maximum absolute atomic E-state index is 2.28. The fourth-order valence-corrected chi connectivity index (χ4v) is 1.47. The summed E-state index contributed by atoms with van der Waals surface area (Å²) in [6, 6.07) is 0. The standard InChI is InChI=1S/C12H18.C2H6/c1-4-10(2)8-9-12-7-5-6-11(12)3;1-2/h4,8-9H,5-7H2,1-3H3;1-2H3/b9-8-,10-4-;. The zero-order valence-electron chi connectivity index (χ0n) is 10.4. The second kappa shape index (κ2) is 7.61. The Kier molecular flexibility index (Phi) is 7.18. The molecule has 0 atom stereocenters. The quantitative estimate of drug-likeness (QED) is 0.538. The Labute approximate surface area is 89.4 Å². The van der Waals surface area contributed by atoms with Crippen molar-refractivity contribution in [3.63, 3.8) is 0 Å². The summed E-state index contributed by atoms with van der Waals surface area (Å²) in [7, 11) is 0. The molecule has 1 aliphatic rings. The van der Waals surface area contributed by atoms with E-state index in [1.54, 1.807) is 11.1 Å². The minimum Gasteiger partial charge on any atom is -0.0847 e. The summed E-state index contributed by atoms with van der Waals surface area (Å²) in [6.07, 6.45) is 10.6.